The zero-order chi connectivity index (χ0) is 48.0. The molecule has 13 aromatic rings. The second-order valence-electron chi connectivity index (χ2n) is 18.9. The summed E-state index contributed by atoms with van der Waals surface area (Å²) in [5, 5.41) is 6.21. The molecule has 342 valence electrons. The monoisotopic (exact) mass is 984 g/mol. The number of rotatable bonds is 8. The molecular formula is C66H43BN3S3+. The van der Waals surface area contributed by atoms with Crippen molar-refractivity contribution >= 4 is 120 Å². The highest BCUT2D eigenvalue weighted by Crippen LogP contribution is 2.55. The fourth-order valence-electron chi connectivity index (χ4n) is 11.8. The van der Waals surface area contributed by atoms with E-state index in [1.165, 1.54) is 123 Å². The van der Waals surface area contributed by atoms with Crippen LogP contribution < -0.4 is 30.8 Å². The number of fused-ring (bicyclic) bond motifs is 7. The summed E-state index contributed by atoms with van der Waals surface area (Å²) in [7, 11) is 0. The Morgan fingerprint density at radius 3 is 1.19 bits per heavy atom. The van der Waals surface area contributed by atoms with Crippen molar-refractivity contribution in [1.29, 1.82) is 0 Å². The van der Waals surface area contributed by atoms with Crippen molar-refractivity contribution in [3.05, 3.63) is 265 Å². The van der Waals surface area contributed by atoms with Crippen LogP contribution in [0.4, 0.5) is 32.8 Å². The van der Waals surface area contributed by atoms with Crippen LogP contribution >= 0.6 is 34.0 Å². The number of nitrogens with zero attached hydrogens (tertiary/aromatic N) is 3. The number of pyridine rings is 1. The van der Waals surface area contributed by atoms with Crippen LogP contribution in [0.15, 0.2) is 255 Å². The van der Waals surface area contributed by atoms with Gasteiger partial charge in [0.15, 0.2) is 12.4 Å². The largest absolute Gasteiger partial charge is 0.297 e. The minimum absolute atomic E-state index is 0.0389. The molecule has 6 heterocycles. The Bertz CT molecular complexity index is 4050. The van der Waals surface area contributed by atoms with Crippen molar-refractivity contribution in [2.75, 3.05) is 9.80 Å². The van der Waals surface area contributed by atoms with Gasteiger partial charge in [0.2, 0.25) is 6.04 Å². The van der Waals surface area contributed by atoms with Gasteiger partial charge in [-0.15, -0.1) is 34.0 Å². The highest BCUT2D eigenvalue weighted by atomic mass is 32.1. The lowest BCUT2D eigenvalue weighted by Crippen LogP contribution is -2.62. The standard InChI is InChI=1S/C66H43BN3S3/c1-5-23-43(24-6-1)59-47-31-13-20-38-56(47)71-64(59)63(46-29-11-4-12-30-46)68-41-54-62-55(42-68)70(66-61(45-27-9-3-10-28-45)49-33-15-22-40-58(49)73-66)53-37-19-17-35-51(53)67(62)50-34-16-18-36-52(50)69(54)65-60(44-25-7-2-8-26-44)48-32-14-21-39-57(48)72-65/h1-42,63H/q+1. The first-order chi connectivity index (χ1) is 36.3. The van der Waals surface area contributed by atoms with E-state index in [1.54, 1.807) is 0 Å². The Morgan fingerprint density at radius 2 is 0.712 bits per heavy atom. The molecule has 0 N–H and O–H groups in total. The summed E-state index contributed by atoms with van der Waals surface area (Å²) in [6.45, 7) is -0.0389. The number of para-hydroxylation sites is 2. The second-order valence-corrected chi connectivity index (χ2v) is 22.1. The third-order valence-corrected chi connectivity index (χ3v) is 18.4. The Kier molecular flexibility index (Phi) is 9.97. The van der Waals surface area contributed by atoms with Crippen molar-refractivity contribution < 1.29 is 4.57 Å². The van der Waals surface area contributed by atoms with Crippen LogP contribution in [0, 0.1) is 0 Å². The SMILES string of the molecule is c1ccc(-c2c(C(c3ccccc3)[n+]3cc4c5c(c3)N(c3sc6ccccc6c3-c3ccccc3)c3ccccc3B5c3ccccc3N4c3sc4ccccc4c3-c3ccccc3)sc3ccccc23)cc1. The van der Waals surface area contributed by atoms with Crippen LogP contribution in [0.2, 0.25) is 0 Å². The third-order valence-electron chi connectivity index (χ3n) is 14.9. The predicted molar refractivity (Wildman–Crippen MR) is 313 cm³/mol. The molecule has 0 amide bonds. The van der Waals surface area contributed by atoms with E-state index in [2.05, 4.69) is 269 Å². The first-order valence-electron chi connectivity index (χ1n) is 24.9. The summed E-state index contributed by atoms with van der Waals surface area (Å²) in [6.07, 6.45) is 5.01. The van der Waals surface area contributed by atoms with E-state index in [-0.39, 0.29) is 12.8 Å². The average Bonchev–Trinajstić information content (AvgIpc) is 4.16. The molecule has 0 saturated carbocycles. The van der Waals surface area contributed by atoms with Crippen LogP contribution in [0.1, 0.15) is 16.5 Å². The van der Waals surface area contributed by atoms with E-state index in [1.807, 2.05) is 34.0 Å². The van der Waals surface area contributed by atoms with E-state index in [0.717, 1.165) is 0 Å². The van der Waals surface area contributed by atoms with Gasteiger partial charge in [-0.2, -0.15) is 4.57 Å². The molecule has 0 spiro atoms. The van der Waals surface area contributed by atoms with Crippen LogP contribution in [0.25, 0.3) is 63.6 Å². The lowest BCUT2D eigenvalue weighted by molar-refractivity contribution is -0.702. The number of hydrogen-bond donors (Lipinski definition) is 0. The highest BCUT2D eigenvalue weighted by molar-refractivity contribution is 7.24. The molecule has 0 aliphatic carbocycles. The Hall–Kier alpha value is -8.33. The quantitative estimate of drug-likeness (QED) is 0.111. The van der Waals surface area contributed by atoms with Gasteiger partial charge < -0.3 is 0 Å². The first kappa shape index (κ1) is 42.4. The molecular weight excluding hydrogens is 942 g/mol. The summed E-state index contributed by atoms with van der Waals surface area (Å²) in [4.78, 5) is 6.57. The summed E-state index contributed by atoms with van der Waals surface area (Å²) < 4.78 is 6.38. The van der Waals surface area contributed by atoms with E-state index >= 15 is 0 Å². The van der Waals surface area contributed by atoms with Crippen molar-refractivity contribution in [3.63, 3.8) is 0 Å². The van der Waals surface area contributed by atoms with Gasteiger partial charge in [0.25, 0.3) is 6.71 Å². The molecule has 0 saturated heterocycles. The van der Waals surface area contributed by atoms with Gasteiger partial charge in [0.1, 0.15) is 21.4 Å². The molecule has 73 heavy (non-hydrogen) atoms. The number of thiophene rings is 3. The molecule has 2 aliphatic heterocycles. The fourth-order valence-corrected chi connectivity index (χ4v) is 15.7. The summed E-state index contributed by atoms with van der Waals surface area (Å²) in [5.41, 5.74) is 17.3. The molecule has 3 nitrogen and oxygen atoms in total. The minimum Gasteiger partial charge on any atom is -0.297 e. The van der Waals surface area contributed by atoms with Gasteiger partial charge in [-0.3, -0.25) is 9.80 Å². The van der Waals surface area contributed by atoms with E-state index < -0.39 is 0 Å². The Balaban J connectivity index is 1.11. The molecule has 0 bridgehead atoms. The summed E-state index contributed by atoms with van der Waals surface area (Å²) >= 11 is 5.69. The summed E-state index contributed by atoms with van der Waals surface area (Å²) in [5.74, 6) is 0. The van der Waals surface area contributed by atoms with E-state index in [0.29, 0.717) is 0 Å². The Morgan fingerprint density at radius 1 is 0.342 bits per heavy atom. The second kappa shape index (κ2) is 17.2. The van der Waals surface area contributed by atoms with Crippen molar-refractivity contribution in [2.24, 2.45) is 0 Å². The highest BCUT2D eigenvalue weighted by Gasteiger charge is 2.48. The molecule has 2 aliphatic rings. The Labute approximate surface area is 436 Å². The number of anilines is 6. The lowest BCUT2D eigenvalue weighted by Gasteiger charge is -2.42. The maximum Gasteiger partial charge on any atom is 0.252 e. The number of hydrogen-bond acceptors (Lipinski definition) is 5. The number of aromatic nitrogens is 1. The fraction of sp³-hybridized carbons (Fsp3) is 0.0152. The summed E-state index contributed by atoms with van der Waals surface area (Å²) in [6, 6.07) is 89.4. The topological polar surface area (TPSA) is 10.4 Å². The molecule has 9 aromatic carbocycles. The third kappa shape index (κ3) is 6.66. The minimum atomic E-state index is -0.196. The van der Waals surface area contributed by atoms with Crippen molar-refractivity contribution in [1.82, 2.24) is 0 Å². The van der Waals surface area contributed by atoms with Gasteiger partial charge in [-0.1, -0.05) is 212 Å². The molecule has 0 radical (unpaired) electrons. The molecule has 4 aromatic heterocycles. The van der Waals surface area contributed by atoms with Gasteiger partial charge in [0.05, 0.1) is 4.88 Å². The van der Waals surface area contributed by atoms with Crippen molar-refractivity contribution in [3.8, 4) is 33.4 Å². The van der Waals surface area contributed by atoms with Crippen LogP contribution in [-0.4, -0.2) is 6.71 Å². The predicted octanol–water partition coefficient (Wildman–Crippen LogP) is 16.3. The average molecular weight is 985 g/mol. The van der Waals surface area contributed by atoms with Gasteiger partial charge in [-0.25, -0.2) is 0 Å². The van der Waals surface area contributed by atoms with E-state index in [4.69, 9.17) is 0 Å². The molecule has 7 heteroatoms. The molecule has 15 rings (SSSR count). The van der Waals surface area contributed by atoms with Crippen molar-refractivity contribution in [2.45, 2.75) is 6.04 Å². The maximum absolute atomic E-state index is 2.63. The molecule has 1 atom stereocenters. The van der Waals surface area contributed by atoms with Gasteiger partial charge in [-0.05, 0) is 63.4 Å². The zero-order valence-corrected chi connectivity index (χ0v) is 41.9. The van der Waals surface area contributed by atoms with Gasteiger partial charge >= 0.3 is 0 Å². The normalized spacial score (nSPS) is 13.1. The smallest absolute Gasteiger partial charge is 0.252 e. The van der Waals surface area contributed by atoms with Crippen LogP contribution in [-0.2, 0) is 0 Å². The van der Waals surface area contributed by atoms with Gasteiger partial charge in [0, 0.05) is 63.9 Å². The molecule has 1 unspecified atom stereocenters. The molecule has 0 fully saturated rings. The maximum atomic E-state index is 2.63. The first-order valence-corrected chi connectivity index (χ1v) is 27.3. The van der Waals surface area contributed by atoms with Crippen LogP contribution in [0.3, 0.4) is 0 Å². The van der Waals surface area contributed by atoms with Crippen LogP contribution in [0.5, 0.6) is 0 Å². The lowest BCUT2D eigenvalue weighted by atomic mass is 9.33. The zero-order valence-electron chi connectivity index (χ0n) is 39.5. The van der Waals surface area contributed by atoms with E-state index in [9.17, 15) is 0 Å². The number of benzene rings is 9.